The van der Waals surface area contributed by atoms with Crippen LogP contribution in [0, 0.1) is 0 Å². The first kappa shape index (κ1) is 22.7. The van der Waals surface area contributed by atoms with Crippen molar-refractivity contribution in [2.45, 2.75) is 45.6 Å². The Balaban J connectivity index is 1.68. The zero-order valence-corrected chi connectivity index (χ0v) is 18.0. The minimum atomic E-state index is -0.510. The third-order valence-corrected chi connectivity index (χ3v) is 4.32. The van der Waals surface area contributed by atoms with Crippen molar-refractivity contribution in [2.24, 2.45) is 4.99 Å². The first-order valence-electron chi connectivity index (χ1n) is 10.1. The number of guanidine groups is 1. The standard InChI is InChI=1S/C22H34N4O3/c1-22(2,3)29-21(27)26-19-7-5-17(6-8-19)9-13-24-20(23-4)25-14-10-18-11-15-28-16-12-18/h5-8,11H,9-10,12-16H2,1-4H3,(H,26,27)(H2,23,24,25). The fraction of sp³-hybridized carbons (Fsp3) is 0.545. The van der Waals surface area contributed by atoms with Gasteiger partial charge in [0.25, 0.3) is 0 Å². The van der Waals surface area contributed by atoms with Crippen LogP contribution in [-0.4, -0.2) is 51.0 Å². The van der Waals surface area contributed by atoms with Crippen molar-refractivity contribution in [1.29, 1.82) is 0 Å². The van der Waals surface area contributed by atoms with Gasteiger partial charge in [0.2, 0.25) is 0 Å². The molecule has 160 valence electrons. The lowest BCUT2D eigenvalue weighted by Crippen LogP contribution is -2.38. The zero-order valence-electron chi connectivity index (χ0n) is 18.0. The molecule has 29 heavy (non-hydrogen) atoms. The molecule has 1 aliphatic rings. The van der Waals surface area contributed by atoms with Gasteiger partial charge in [0.05, 0.1) is 13.2 Å². The number of benzene rings is 1. The highest BCUT2D eigenvalue weighted by atomic mass is 16.6. The zero-order chi connectivity index (χ0) is 21.1. The number of aliphatic imine (C=N–C) groups is 1. The van der Waals surface area contributed by atoms with Crippen molar-refractivity contribution in [1.82, 2.24) is 10.6 Å². The molecule has 1 aromatic carbocycles. The van der Waals surface area contributed by atoms with Gasteiger partial charge in [-0.2, -0.15) is 0 Å². The van der Waals surface area contributed by atoms with Crippen molar-refractivity contribution >= 4 is 17.7 Å². The smallest absolute Gasteiger partial charge is 0.412 e. The number of hydrogen-bond acceptors (Lipinski definition) is 4. The number of hydrogen-bond donors (Lipinski definition) is 3. The Morgan fingerprint density at radius 1 is 1.14 bits per heavy atom. The summed E-state index contributed by atoms with van der Waals surface area (Å²) in [5, 5.41) is 9.42. The van der Waals surface area contributed by atoms with Crippen molar-refractivity contribution in [3.8, 4) is 0 Å². The first-order chi connectivity index (χ1) is 13.9. The van der Waals surface area contributed by atoms with Gasteiger partial charge in [0.1, 0.15) is 5.60 Å². The Hall–Kier alpha value is -2.54. The van der Waals surface area contributed by atoms with E-state index in [9.17, 15) is 4.79 Å². The van der Waals surface area contributed by atoms with Crippen LogP contribution in [0.15, 0.2) is 40.9 Å². The highest BCUT2D eigenvalue weighted by Gasteiger charge is 2.16. The number of nitrogens with one attached hydrogen (secondary N) is 3. The molecule has 1 heterocycles. The van der Waals surface area contributed by atoms with E-state index >= 15 is 0 Å². The SMILES string of the molecule is CN=C(NCCC1=CCOCC1)NCCc1ccc(NC(=O)OC(C)(C)C)cc1. The molecule has 0 saturated carbocycles. The predicted molar refractivity (Wildman–Crippen MR) is 118 cm³/mol. The number of rotatable bonds is 7. The molecule has 3 N–H and O–H groups in total. The lowest BCUT2D eigenvalue weighted by molar-refractivity contribution is 0.0636. The number of nitrogens with zero attached hydrogens (tertiary/aromatic N) is 1. The molecule has 0 saturated heterocycles. The van der Waals surface area contributed by atoms with Gasteiger partial charge in [-0.1, -0.05) is 23.8 Å². The third-order valence-electron chi connectivity index (χ3n) is 4.32. The first-order valence-corrected chi connectivity index (χ1v) is 10.1. The molecule has 0 fully saturated rings. The van der Waals surface area contributed by atoms with E-state index in [4.69, 9.17) is 9.47 Å². The van der Waals surface area contributed by atoms with Gasteiger partial charge in [-0.05, 0) is 57.7 Å². The molecule has 0 atom stereocenters. The molecule has 2 rings (SSSR count). The van der Waals surface area contributed by atoms with E-state index in [1.807, 2.05) is 45.0 Å². The second kappa shape index (κ2) is 11.5. The second-order valence-corrected chi connectivity index (χ2v) is 7.94. The van der Waals surface area contributed by atoms with Gasteiger partial charge < -0.3 is 20.1 Å². The van der Waals surface area contributed by atoms with E-state index < -0.39 is 11.7 Å². The van der Waals surface area contributed by atoms with Crippen molar-refractivity contribution < 1.29 is 14.3 Å². The topological polar surface area (TPSA) is 84.0 Å². The maximum absolute atomic E-state index is 11.8. The van der Waals surface area contributed by atoms with Crippen LogP contribution < -0.4 is 16.0 Å². The largest absolute Gasteiger partial charge is 0.444 e. The van der Waals surface area contributed by atoms with Crippen LogP contribution in [0.5, 0.6) is 0 Å². The fourth-order valence-corrected chi connectivity index (χ4v) is 2.86. The summed E-state index contributed by atoms with van der Waals surface area (Å²) in [5.74, 6) is 0.806. The Kier molecular flexibility index (Phi) is 8.99. The average molecular weight is 403 g/mol. The molecule has 0 aliphatic carbocycles. The van der Waals surface area contributed by atoms with E-state index in [2.05, 4.69) is 27.0 Å². The number of anilines is 1. The molecule has 7 nitrogen and oxygen atoms in total. The Morgan fingerprint density at radius 2 is 1.83 bits per heavy atom. The molecule has 0 bridgehead atoms. The summed E-state index contributed by atoms with van der Waals surface area (Å²) in [6.45, 7) is 8.71. The number of carbonyl (C=O) groups is 1. The second-order valence-electron chi connectivity index (χ2n) is 7.94. The van der Waals surface area contributed by atoms with E-state index in [1.165, 1.54) is 11.1 Å². The monoisotopic (exact) mass is 402 g/mol. The van der Waals surface area contributed by atoms with Gasteiger partial charge in [0, 0.05) is 25.8 Å². The van der Waals surface area contributed by atoms with Crippen molar-refractivity contribution in [2.75, 3.05) is 38.7 Å². The molecule has 0 spiro atoms. The number of carbonyl (C=O) groups excluding carboxylic acids is 1. The van der Waals surface area contributed by atoms with Gasteiger partial charge in [-0.25, -0.2) is 4.79 Å². The molecule has 0 aromatic heterocycles. The van der Waals surface area contributed by atoms with E-state index in [-0.39, 0.29) is 0 Å². The fourth-order valence-electron chi connectivity index (χ4n) is 2.86. The van der Waals surface area contributed by atoms with Crippen LogP contribution in [0.2, 0.25) is 0 Å². The Bertz CT molecular complexity index is 706. The number of amides is 1. The van der Waals surface area contributed by atoms with Gasteiger partial charge in [-0.3, -0.25) is 10.3 Å². The molecule has 1 aliphatic heterocycles. The molecule has 1 amide bonds. The van der Waals surface area contributed by atoms with Crippen LogP contribution in [0.1, 0.15) is 39.2 Å². The summed E-state index contributed by atoms with van der Waals surface area (Å²) >= 11 is 0. The van der Waals surface area contributed by atoms with E-state index in [0.29, 0.717) is 0 Å². The molecular formula is C22H34N4O3. The Labute approximate surface area is 174 Å². The summed E-state index contributed by atoms with van der Waals surface area (Å²) in [4.78, 5) is 16.1. The van der Waals surface area contributed by atoms with Gasteiger partial charge >= 0.3 is 6.09 Å². The van der Waals surface area contributed by atoms with Crippen LogP contribution >= 0.6 is 0 Å². The highest BCUT2D eigenvalue weighted by Crippen LogP contribution is 2.13. The van der Waals surface area contributed by atoms with E-state index in [1.54, 1.807) is 7.05 Å². The predicted octanol–water partition coefficient (Wildman–Crippen LogP) is 3.48. The molecule has 0 radical (unpaired) electrons. The summed E-state index contributed by atoms with van der Waals surface area (Å²) in [5.41, 5.74) is 2.83. The molecule has 1 aromatic rings. The van der Waals surface area contributed by atoms with Gasteiger partial charge in [-0.15, -0.1) is 0 Å². The summed E-state index contributed by atoms with van der Waals surface area (Å²) in [6, 6.07) is 7.77. The van der Waals surface area contributed by atoms with Crippen LogP contribution in [-0.2, 0) is 15.9 Å². The van der Waals surface area contributed by atoms with Gasteiger partial charge in [0.15, 0.2) is 5.96 Å². The number of ether oxygens (including phenoxy) is 2. The lowest BCUT2D eigenvalue weighted by atomic mass is 10.1. The minimum absolute atomic E-state index is 0.446. The maximum atomic E-state index is 11.8. The van der Waals surface area contributed by atoms with Crippen molar-refractivity contribution in [3.63, 3.8) is 0 Å². The third kappa shape index (κ3) is 9.47. The summed E-state index contributed by atoms with van der Waals surface area (Å²) in [6.07, 6.45) is 4.61. The van der Waals surface area contributed by atoms with E-state index in [0.717, 1.165) is 57.2 Å². The minimum Gasteiger partial charge on any atom is -0.444 e. The molecule has 0 unspecified atom stereocenters. The highest BCUT2D eigenvalue weighted by molar-refractivity contribution is 5.84. The van der Waals surface area contributed by atoms with Crippen molar-refractivity contribution in [3.05, 3.63) is 41.5 Å². The quantitative estimate of drug-likeness (QED) is 0.369. The Morgan fingerprint density at radius 3 is 2.41 bits per heavy atom. The maximum Gasteiger partial charge on any atom is 0.412 e. The summed E-state index contributed by atoms with van der Waals surface area (Å²) < 4.78 is 10.6. The molecule has 7 heteroatoms. The van der Waals surface area contributed by atoms with Crippen LogP contribution in [0.3, 0.4) is 0 Å². The summed E-state index contributed by atoms with van der Waals surface area (Å²) in [7, 11) is 1.78. The lowest BCUT2D eigenvalue weighted by Gasteiger charge is -2.19. The molecular weight excluding hydrogens is 368 g/mol. The normalized spacial score (nSPS) is 14.8. The van der Waals surface area contributed by atoms with Crippen LogP contribution in [0.4, 0.5) is 10.5 Å². The average Bonchev–Trinajstić information content (AvgIpc) is 2.67. The van der Waals surface area contributed by atoms with Crippen LogP contribution in [0.25, 0.3) is 0 Å².